The number of aromatic amines is 1. The Bertz CT molecular complexity index is 966. The van der Waals surface area contributed by atoms with Gasteiger partial charge in [0.05, 0.1) is 25.5 Å². The zero-order valence-corrected chi connectivity index (χ0v) is 16.7. The van der Waals surface area contributed by atoms with E-state index in [2.05, 4.69) is 10.2 Å². The predicted octanol–water partition coefficient (Wildman–Crippen LogP) is 1.13. The highest BCUT2D eigenvalue weighted by atomic mass is 16.7. The molecule has 0 radical (unpaired) electrons. The van der Waals surface area contributed by atoms with Crippen LogP contribution in [0.15, 0.2) is 18.2 Å². The van der Waals surface area contributed by atoms with Crippen molar-refractivity contribution in [1.82, 2.24) is 20.0 Å². The molecule has 3 aliphatic rings. The average molecular weight is 412 g/mol. The van der Waals surface area contributed by atoms with Crippen LogP contribution in [-0.4, -0.2) is 71.5 Å². The number of H-pyrrole nitrogens is 1. The highest BCUT2D eigenvalue weighted by molar-refractivity contribution is 5.94. The lowest BCUT2D eigenvalue weighted by Gasteiger charge is -2.28. The first-order valence-electron chi connectivity index (χ1n) is 10.3. The van der Waals surface area contributed by atoms with Crippen molar-refractivity contribution < 1.29 is 23.8 Å². The maximum absolute atomic E-state index is 12.8. The number of aromatic nitrogens is 2. The number of fused-ring (bicyclic) bond motifs is 2. The minimum absolute atomic E-state index is 0.0571. The molecule has 3 aliphatic heterocycles. The molecule has 1 saturated heterocycles. The molecule has 9 heteroatoms. The van der Waals surface area contributed by atoms with Crippen LogP contribution < -0.4 is 9.47 Å². The Labute approximate surface area is 173 Å². The van der Waals surface area contributed by atoms with E-state index in [0.717, 1.165) is 28.3 Å². The molecule has 9 nitrogen and oxygen atoms in total. The number of morpholine rings is 1. The predicted molar refractivity (Wildman–Crippen MR) is 105 cm³/mol. The van der Waals surface area contributed by atoms with Gasteiger partial charge in [-0.1, -0.05) is 6.07 Å². The molecule has 2 aromatic rings. The zero-order chi connectivity index (χ0) is 20.5. The molecule has 158 valence electrons. The van der Waals surface area contributed by atoms with E-state index >= 15 is 0 Å². The molecule has 0 unspecified atom stereocenters. The SMILES string of the molecule is O=C(CCc1ccc2c(c1)OCO2)N1CCc2c(C(=O)N3CCOCC3)n[nH]c2C1. The van der Waals surface area contributed by atoms with Crippen LogP contribution >= 0.6 is 0 Å². The molecular formula is C21H24N4O5. The van der Waals surface area contributed by atoms with Gasteiger partial charge in [-0.2, -0.15) is 5.10 Å². The van der Waals surface area contributed by atoms with E-state index in [1.165, 1.54) is 0 Å². The van der Waals surface area contributed by atoms with Crippen LogP contribution in [-0.2, 0) is 28.9 Å². The van der Waals surface area contributed by atoms with Gasteiger partial charge in [-0.05, 0) is 30.5 Å². The number of rotatable bonds is 4. The Kier molecular flexibility index (Phi) is 5.04. The smallest absolute Gasteiger partial charge is 0.274 e. The number of hydrogen-bond acceptors (Lipinski definition) is 6. The molecule has 30 heavy (non-hydrogen) atoms. The summed E-state index contributed by atoms with van der Waals surface area (Å²) in [5.74, 6) is 1.51. The third kappa shape index (κ3) is 3.60. The van der Waals surface area contributed by atoms with Crippen LogP contribution in [0, 0.1) is 0 Å². The van der Waals surface area contributed by atoms with E-state index in [0.29, 0.717) is 64.3 Å². The lowest BCUT2D eigenvalue weighted by Crippen LogP contribution is -2.41. The van der Waals surface area contributed by atoms with Crippen molar-refractivity contribution in [2.75, 3.05) is 39.6 Å². The minimum atomic E-state index is -0.0571. The molecule has 1 aromatic carbocycles. The molecule has 1 N–H and O–H groups in total. The first kappa shape index (κ1) is 18.9. The van der Waals surface area contributed by atoms with Gasteiger partial charge < -0.3 is 24.0 Å². The van der Waals surface area contributed by atoms with Crippen molar-refractivity contribution in [2.45, 2.75) is 25.8 Å². The highest BCUT2D eigenvalue weighted by Crippen LogP contribution is 2.33. The fraction of sp³-hybridized carbons (Fsp3) is 0.476. The summed E-state index contributed by atoms with van der Waals surface area (Å²) in [5, 5.41) is 7.25. The zero-order valence-electron chi connectivity index (χ0n) is 16.7. The molecule has 0 atom stereocenters. The van der Waals surface area contributed by atoms with Crippen LogP contribution in [0.5, 0.6) is 11.5 Å². The van der Waals surface area contributed by atoms with Gasteiger partial charge >= 0.3 is 0 Å². The van der Waals surface area contributed by atoms with Gasteiger partial charge in [0.1, 0.15) is 0 Å². The van der Waals surface area contributed by atoms with Crippen LogP contribution in [0.2, 0.25) is 0 Å². The van der Waals surface area contributed by atoms with Gasteiger partial charge in [0.15, 0.2) is 17.2 Å². The molecule has 0 spiro atoms. The maximum atomic E-state index is 12.8. The summed E-state index contributed by atoms with van der Waals surface area (Å²) in [6.45, 7) is 3.59. The molecule has 5 rings (SSSR count). The van der Waals surface area contributed by atoms with Gasteiger partial charge in [-0.3, -0.25) is 14.7 Å². The summed E-state index contributed by atoms with van der Waals surface area (Å²) >= 11 is 0. The molecule has 1 fully saturated rings. The number of carbonyl (C=O) groups excluding carboxylic acids is 2. The summed E-state index contributed by atoms with van der Waals surface area (Å²) in [4.78, 5) is 29.1. The van der Waals surface area contributed by atoms with E-state index in [9.17, 15) is 9.59 Å². The maximum Gasteiger partial charge on any atom is 0.274 e. The lowest BCUT2D eigenvalue weighted by atomic mass is 10.0. The molecule has 0 bridgehead atoms. The topological polar surface area (TPSA) is 97.0 Å². The summed E-state index contributed by atoms with van der Waals surface area (Å²) in [7, 11) is 0. The number of aryl methyl sites for hydroxylation is 1. The molecule has 2 amide bonds. The monoisotopic (exact) mass is 412 g/mol. The summed E-state index contributed by atoms with van der Waals surface area (Å²) < 4.78 is 16.0. The number of nitrogens with zero attached hydrogens (tertiary/aromatic N) is 3. The van der Waals surface area contributed by atoms with E-state index in [-0.39, 0.29) is 18.6 Å². The van der Waals surface area contributed by atoms with Crippen molar-refractivity contribution in [3.05, 3.63) is 40.7 Å². The fourth-order valence-corrected chi connectivity index (χ4v) is 4.13. The third-order valence-electron chi connectivity index (χ3n) is 5.85. The van der Waals surface area contributed by atoms with Crippen molar-refractivity contribution in [1.29, 1.82) is 0 Å². The minimum Gasteiger partial charge on any atom is -0.454 e. The van der Waals surface area contributed by atoms with E-state index < -0.39 is 0 Å². The largest absolute Gasteiger partial charge is 0.454 e. The number of hydrogen-bond donors (Lipinski definition) is 1. The normalized spacial score (nSPS) is 17.7. The van der Waals surface area contributed by atoms with Gasteiger partial charge in [0.25, 0.3) is 5.91 Å². The molecular weight excluding hydrogens is 388 g/mol. The molecule has 0 aliphatic carbocycles. The molecule has 0 saturated carbocycles. The van der Waals surface area contributed by atoms with Crippen LogP contribution in [0.1, 0.15) is 33.7 Å². The molecule has 1 aromatic heterocycles. The fourth-order valence-electron chi connectivity index (χ4n) is 4.13. The standard InChI is InChI=1S/C21H24N4O5/c26-19(4-2-14-1-3-17-18(11-14)30-13-29-17)25-6-5-15-16(12-25)22-23-20(15)21(27)24-7-9-28-10-8-24/h1,3,11H,2,4-10,12-13H2,(H,22,23). The van der Waals surface area contributed by atoms with Gasteiger partial charge in [0, 0.05) is 31.6 Å². The van der Waals surface area contributed by atoms with Gasteiger partial charge in [-0.15, -0.1) is 0 Å². The summed E-state index contributed by atoms with van der Waals surface area (Å²) in [6.07, 6.45) is 1.69. The Morgan fingerprint density at radius 3 is 2.77 bits per heavy atom. The Balaban J connectivity index is 1.20. The number of nitrogens with one attached hydrogen (secondary N) is 1. The third-order valence-corrected chi connectivity index (χ3v) is 5.85. The summed E-state index contributed by atoms with van der Waals surface area (Å²) in [5.41, 5.74) is 3.32. The number of carbonyl (C=O) groups is 2. The van der Waals surface area contributed by atoms with E-state index in [1.54, 1.807) is 4.90 Å². The molecule has 4 heterocycles. The number of amides is 2. The van der Waals surface area contributed by atoms with E-state index in [4.69, 9.17) is 14.2 Å². The van der Waals surface area contributed by atoms with Crippen molar-refractivity contribution in [2.24, 2.45) is 0 Å². The first-order valence-corrected chi connectivity index (χ1v) is 10.3. The second-order valence-electron chi connectivity index (χ2n) is 7.69. The van der Waals surface area contributed by atoms with Gasteiger partial charge in [-0.25, -0.2) is 0 Å². The van der Waals surface area contributed by atoms with E-state index in [1.807, 2.05) is 23.1 Å². The van der Waals surface area contributed by atoms with Crippen molar-refractivity contribution in [3.8, 4) is 11.5 Å². The second kappa shape index (κ2) is 7.98. The Morgan fingerprint density at radius 1 is 1.07 bits per heavy atom. The Hall–Kier alpha value is -3.07. The Morgan fingerprint density at radius 2 is 1.90 bits per heavy atom. The first-order chi connectivity index (χ1) is 14.7. The lowest BCUT2D eigenvalue weighted by molar-refractivity contribution is -0.132. The average Bonchev–Trinajstić information content (AvgIpc) is 3.43. The van der Waals surface area contributed by atoms with Crippen LogP contribution in [0.3, 0.4) is 0 Å². The van der Waals surface area contributed by atoms with Crippen molar-refractivity contribution >= 4 is 11.8 Å². The summed E-state index contributed by atoms with van der Waals surface area (Å²) in [6, 6.07) is 5.78. The highest BCUT2D eigenvalue weighted by Gasteiger charge is 2.30. The van der Waals surface area contributed by atoms with Gasteiger partial charge in [0.2, 0.25) is 12.7 Å². The van der Waals surface area contributed by atoms with Crippen LogP contribution in [0.25, 0.3) is 0 Å². The van der Waals surface area contributed by atoms with Crippen molar-refractivity contribution in [3.63, 3.8) is 0 Å². The number of ether oxygens (including phenoxy) is 3. The second-order valence-corrected chi connectivity index (χ2v) is 7.69. The number of benzene rings is 1. The quantitative estimate of drug-likeness (QED) is 0.809. The van der Waals surface area contributed by atoms with Crippen LogP contribution in [0.4, 0.5) is 0 Å².